The molecule has 1 aromatic heterocycles. The lowest BCUT2D eigenvalue weighted by molar-refractivity contribution is 0.0672. The molecule has 3 aromatic rings. The van der Waals surface area contributed by atoms with Crippen molar-refractivity contribution >= 4 is 16.8 Å². The third-order valence-corrected chi connectivity index (χ3v) is 5.77. The van der Waals surface area contributed by atoms with Crippen LogP contribution in [0.2, 0.25) is 0 Å². The van der Waals surface area contributed by atoms with Crippen molar-refractivity contribution in [2.24, 2.45) is 0 Å². The summed E-state index contributed by atoms with van der Waals surface area (Å²) in [5, 5.41) is 1.10. The van der Waals surface area contributed by atoms with E-state index in [4.69, 9.17) is 9.47 Å². The zero-order valence-corrected chi connectivity index (χ0v) is 17.1. The average molecular weight is 378 g/mol. The summed E-state index contributed by atoms with van der Waals surface area (Å²) in [4.78, 5) is 18.6. The van der Waals surface area contributed by atoms with E-state index in [9.17, 15) is 4.79 Å². The van der Waals surface area contributed by atoms with Crippen LogP contribution in [-0.2, 0) is 6.42 Å². The number of aromatic amines is 1. The van der Waals surface area contributed by atoms with E-state index in [-0.39, 0.29) is 11.9 Å². The Bertz CT molecular complexity index is 1070. The molecule has 146 valence electrons. The van der Waals surface area contributed by atoms with Crippen LogP contribution >= 0.6 is 0 Å². The van der Waals surface area contributed by atoms with Crippen LogP contribution in [0, 0.1) is 13.8 Å². The molecule has 2 heterocycles. The number of rotatable bonds is 3. The minimum atomic E-state index is -0.0368. The second-order valence-electron chi connectivity index (χ2n) is 7.56. The number of aromatic nitrogens is 1. The second-order valence-corrected chi connectivity index (χ2v) is 7.56. The Kier molecular flexibility index (Phi) is 4.53. The number of carbonyl (C=O) groups is 1. The van der Waals surface area contributed by atoms with E-state index in [1.807, 2.05) is 23.1 Å². The van der Waals surface area contributed by atoms with Crippen LogP contribution in [0.3, 0.4) is 0 Å². The molecular weight excluding hydrogens is 352 g/mol. The van der Waals surface area contributed by atoms with Gasteiger partial charge in [-0.2, -0.15) is 0 Å². The molecule has 1 aliphatic rings. The summed E-state index contributed by atoms with van der Waals surface area (Å²) in [6, 6.07) is 10.2. The Labute approximate surface area is 165 Å². The first kappa shape index (κ1) is 18.4. The zero-order valence-electron chi connectivity index (χ0n) is 17.1. The highest BCUT2D eigenvalue weighted by Gasteiger charge is 2.30. The smallest absolute Gasteiger partial charge is 0.270 e. The van der Waals surface area contributed by atoms with Crippen LogP contribution in [0.5, 0.6) is 11.5 Å². The molecule has 0 saturated carbocycles. The van der Waals surface area contributed by atoms with Gasteiger partial charge in [0.25, 0.3) is 5.91 Å². The number of ether oxygens (including phenoxy) is 2. The van der Waals surface area contributed by atoms with E-state index < -0.39 is 0 Å². The van der Waals surface area contributed by atoms with Crippen molar-refractivity contribution in [1.82, 2.24) is 9.88 Å². The van der Waals surface area contributed by atoms with Crippen molar-refractivity contribution in [2.45, 2.75) is 33.2 Å². The zero-order chi connectivity index (χ0) is 20.0. The van der Waals surface area contributed by atoms with Crippen LogP contribution in [0.4, 0.5) is 0 Å². The molecule has 0 bridgehead atoms. The highest BCUT2D eigenvalue weighted by atomic mass is 16.5. The molecule has 1 aliphatic heterocycles. The number of aryl methyl sites for hydroxylation is 2. The van der Waals surface area contributed by atoms with Crippen molar-refractivity contribution in [1.29, 1.82) is 0 Å². The third-order valence-electron chi connectivity index (χ3n) is 5.77. The van der Waals surface area contributed by atoms with Crippen molar-refractivity contribution in [2.75, 3.05) is 20.8 Å². The number of nitrogens with zero attached hydrogens (tertiary/aromatic N) is 1. The normalized spacial score (nSPS) is 16.2. The minimum absolute atomic E-state index is 0.0289. The van der Waals surface area contributed by atoms with E-state index in [0.29, 0.717) is 18.0 Å². The number of methoxy groups -OCH3 is 2. The molecule has 2 aromatic carbocycles. The van der Waals surface area contributed by atoms with Crippen LogP contribution < -0.4 is 9.47 Å². The fourth-order valence-electron chi connectivity index (χ4n) is 4.29. The average Bonchev–Trinajstić information content (AvgIpc) is 3.11. The Morgan fingerprint density at radius 2 is 1.79 bits per heavy atom. The van der Waals surface area contributed by atoms with Crippen LogP contribution in [-0.4, -0.2) is 36.6 Å². The summed E-state index contributed by atoms with van der Waals surface area (Å²) < 4.78 is 10.9. The molecule has 1 atom stereocenters. The molecule has 5 heteroatoms. The summed E-state index contributed by atoms with van der Waals surface area (Å²) in [5.41, 5.74) is 6.33. The van der Waals surface area contributed by atoms with Crippen molar-refractivity contribution in [3.63, 3.8) is 0 Å². The summed E-state index contributed by atoms with van der Waals surface area (Å²) in [5.74, 6) is 1.45. The quantitative estimate of drug-likeness (QED) is 0.727. The van der Waals surface area contributed by atoms with Crippen LogP contribution in [0.25, 0.3) is 10.9 Å². The molecule has 1 amide bonds. The maximum atomic E-state index is 13.3. The molecule has 0 aliphatic carbocycles. The number of benzene rings is 2. The van der Waals surface area contributed by atoms with Crippen LogP contribution in [0.1, 0.15) is 45.7 Å². The van der Waals surface area contributed by atoms with Gasteiger partial charge in [-0.1, -0.05) is 6.07 Å². The number of fused-ring (bicyclic) bond motifs is 2. The number of hydrogen-bond acceptors (Lipinski definition) is 3. The van der Waals surface area contributed by atoms with Gasteiger partial charge in [-0.25, -0.2) is 0 Å². The Hall–Kier alpha value is -2.95. The molecule has 0 spiro atoms. The summed E-state index contributed by atoms with van der Waals surface area (Å²) in [7, 11) is 3.28. The van der Waals surface area contributed by atoms with Gasteiger partial charge in [-0.05, 0) is 73.7 Å². The van der Waals surface area contributed by atoms with Gasteiger partial charge in [0.2, 0.25) is 0 Å². The van der Waals surface area contributed by atoms with E-state index in [1.165, 1.54) is 16.7 Å². The molecule has 1 N–H and O–H groups in total. The standard InChI is InChI=1S/C23H26N2O3/c1-13-8-14(2)17-11-20(24-19(17)9-13)23(26)25-7-6-16-10-21(27-4)22(28-5)12-18(16)15(25)3/h8-12,15,24H,6-7H2,1-5H3/t15-/m1/s1. The van der Waals surface area contributed by atoms with Crippen LogP contribution in [0.15, 0.2) is 30.3 Å². The first-order chi connectivity index (χ1) is 13.4. The van der Waals surface area contributed by atoms with E-state index in [1.54, 1.807) is 14.2 Å². The van der Waals surface area contributed by atoms with E-state index in [2.05, 4.69) is 37.9 Å². The molecule has 0 fully saturated rings. The van der Waals surface area contributed by atoms with Crippen molar-refractivity contribution in [3.05, 3.63) is 58.3 Å². The Balaban J connectivity index is 1.69. The molecule has 28 heavy (non-hydrogen) atoms. The van der Waals surface area contributed by atoms with Crippen molar-refractivity contribution < 1.29 is 14.3 Å². The maximum Gasteiger partial charge on any atom is 0.270 e. The summed E-state index contributed by atoms with van der Waals surface area (Å²) >= 11 is 0. The van der Waals surface area contributed by atoms with E-state index >= 15 is 0 Å². The topological polar surface area (TPSA) is 54.6 Å². The molecule has 5 nitrogen and oxygen atoms in total. The fourth-order valence-corrected chi connectivity index (χ4v) is 4.29. The predicted octanol–water partition coefficient (Wildman–Crippen LogP) is 4.56. The first-order valence-electron chi connectivity index (χ1n) is 9.58. The van der Waals surface area contributed by atoms with Gasteiger partial charge in [-0.15, -0.1) is 0 Å². The number of amides is 1. The number of hydrogen-bond donors (Lipinski definition) is 1. The molecule has 0 radical (unpaired) electrons. The minimum Gasteiger partial charge on any atom is -0.493 e. The van der Waals surface area contributed by atoms with Crippen molar-refractivity contribution in [3.8, 4) is 11.5 Å². The third kappa shape index (κ3) is 2.91. The second kappa shape index (κ2) is 6.89. The van der Waals surface area contributed by atoms with Gasteiger partial charge in [0, 0.05) is 17.4 Å². The number of H-pyrrole nitrogens is 1. The van der Waals surface area contributed by atoms with Gasteiger partial charge in [-0.3, -0.25) is 4.79 Å². The Morgan fingerprint density at radius 3 is 2.50 bits per heavy atom. The number of nitrogens with one attached hydrogen (secondary N) is 1. The SMILES string of the molecule is COc1cc2c(cc1OC)[C@@H](C)N(C(=O)c1cc3c(C)cc(C)cc3[nH]1)CC2. The lowest BCUT2D eigenvalue weighted by Gasteiger charge is -2.35. The fraction of sp³-hybridized carbons (Fsp3) is 0.348. The predicted molar refractivity (Wildman–Crippen MR) is 110 cm³/mol. The Morgan fingerprint density at radius 1 is 1.07 bits per heavy atom. The lowest BCUT2D eigenvalue weighted by Crippen LogP contribution is -2.39. The maximum absolute atomic E-state index is 13.3. The highest BCUT2D eigenvalue weighted by Crippen LogP contribution is 2.38. The van der Waals surface area contributed by atoms with Gasteiger partial charge in [0.1, 0.15) is 5.69 Å². The van der Waals surface area contributed by atoms with Gasteiger partial charge >= 0.3 is 0 Å². The van der Waals surface area contributed by atoms with Gasteiger partial charge in [0.15, 0.2) is 11.5 Å². The monoisotopic (exact) mass is 378 g/mol. The molecule has 0 saturated heterocycles. The largest absolute Gasteiger partial charge is 0.493 e. The molecular formula is C23H26N2O3. The first-order valence-corrected chi connectivity index (χ1v) is 9.58. The van der Waals surface area contributed by atoms with E-state index in [0.717, 1.165) is 28.6 Å². The van der Waals surface area contributed by atoms with Gasteiger partial charge in [0.05, 0.1) is 20.3 Å². The summed E-state index contributed by atoms with van der Waals surface area (Å²) in [6.45, 7) is 6.90. The van der Waals surface area contributed by atoms with Gasteiger partial charge < -0.3 is 19.4 Å². The summed E-state index contributed by atoms with van der Waals surface area (Å²) in [6.07, 6.45) is 0.796. The molecule has 4 rings (SSSR count). The number of carbonyl (C=O) groups excluding carboxylic acids is 1. The molecule has 0 unspecified atom stereocenters. The lowest BCUT2D eigenvalue weighted by atomic mass is 9.92. The highest BCUT2D eigenvalue weighted by molar-refractivity contribution is 5.99.